The molecule has 0 saturated heterocycles. The van der Waals surface area contributed by atoms with Crippen LogP contribution >= 0.6 is 0 Å². The molecule has 27 heavy (non-hydrogen) atoms. The standard InChI is InChI=1S/C7H13O.3C6H5.Pb/c1-7(8)5-3-2-4-6-7;3*1-2-4-6-5-3-1;/h8H,1-6H2;3*1-5H;. The maximum atomic E-state index is 11.6. The van der Waals surface area contributed by atoms with Crippen LogP contribution in [-0.2, 0) is 0 Å². The minimum atomic E-state index is -3.52. The molecule has 0 amide bonds. The van der Waals surface area contributed by atoms with Gasteiger partial charge in [-0.25, -0.2) is 0 Å². The van der Waals surface area contributed by atoms with Gasteiger partial charge < -0.3 is 0 Å². The Balaban J connectivity index is 1.94. The van der Waals surface area contributed by atoms with E-state index >= 15 is 0 Å². The zero-order valence-electron chi connectivity index (χ0n) is 15.9. The zero-order chi connectivity index (χ0) is 18.6. The molecule has 1 aliphatic carbocycles. The summed E-state index contributed by atoms with van der Waals surface area (Å²) < 4.78 is 5.36. The summed E-state index contributed by atoms with van der Waals surface area (Å²) in [5.74, 6) is 0. The van der Waals surface area contributed by atoms with Gasteiger partial charge in [-0.15, -0.1) is 0 Å². The Morgan fingerprint density at radius 3 is 1.33 bits per heavy atom. The Hall–Kier alpha value is -1.46. The number of rotatable bonds is 5. The summed E-state index contributed by atoms with van der Waals surface area (Å²) in [6.07, 6.45) is 5.45. The second kappa shape index (κ2) is 8.28. The number of hydrogen-bond donors (Lipinski definition) is 1. The summed E-state index contributed by atoms with van der Waals surface area (Å²) in [4.78, 5) is 0. The van der Waals surface area contributed by atoms with E-state index in [0.29, 0.717) is 0 Å². The van der Waals surface area contributed by atoms with Crippen molar-refractivity contribution >= 4 is 30.5 Å². The molecule has 138 valence electrons. The third-order valence-electron chi connectivity index (χ3n) is 6.18. The predicted molar refractivity (Wildman–Crippen MR) is 117 cm³/mol. The second-order valence-corrected chi connectivity index (χ2v) is 23.1. The first-order valence-electron chi connectivity index (χ1n) is 10.1. The van der Waals surface area contributed by atoms with Gasteiger partial charge in [-0.2, -0.15) is 0 Å². The third-order valence-corrected chi connectivity index (χ3v) is 26.2. The molecule has 0 unspecified atom stereocenters. The van der Waals surface area contributed by atoms with Gasteiger partial charge in [0.1, 0.15) is 0 Å². The van der Waals surface area contributed by atoms with E-state index in [1.165, 1.54) is 15.8 Å². The van der Waals surface area contributed by atoms with E-state index in [1.54, 1.807) is 0 Å². The molecule has 1 fully saturated rings. The van der Waals surface area contributed by atoms with Gasteiger partial charge in [-0.3, -0.25) is 0 Å². The Morgan fingerprint density at radius 1 is 0.593 bits per heavy atom. The van der Waals surface area contributed by atoms with Crippen LogP contribution in [0.15, 0.2) is 91.0 Å². The van der Waals surface area contributed by atoms with Gasteiger partial charge in [0.2, 0.25) is 0 Å². The molecule has 1 nitrogen and oxygen atoms in total. The average molecular weight is 552 g/mol. The molecular weight excluding hydrogens is 523 g/mol. The molecule has 0 aliphatic heterocycles. The fourth-order valence-corrected chi connectivity index (χ4v) is 25.2. The van der Waals surface area contributed by atoms with Crippen LogP contribution < -0.4 is 9.37 Å². The quantitative estimate of drug-likeness (QED) is 0.478. The van der Waals surface area contributed by atoms with Gasteiger partial charge in [0, 0.05) is 0 Å². The molecule has 1 saturated carbocycles. The summed E-state index contributed by atoms with van der Waals surface area (Å²) >= 11 is -3.52. The minimum absolute atomic E-state index is 0.526. The first kappa shape index (κ1) is 18.9. The molecule has 0 bridgehead atoms. The van der Waals surface area contributed by atoms with E-state index in [1.807, 2.05) is 0 Å². The molecule has 0 spiro atoms. The Morgan fingerprint density at radius 2 is 0.963 bits per heavy atom. The van der Waals surface area contributed by atoms with Crippen molar-refractivity contribution in [3.05, 3.63) is 91.0 Å². The number of hydrogen-bond acceptors (Lipinski definition) is 1. The summed E-state index contributed by atoms with van der Waals surface area (Å²) in [5.41, 5.74) is -0.526. The van der Waals surface area contributed by atoms with Gasteiger partial charge in [-0.05, 0) is 0 Å². The first-order chi connectivity index (χ1) is 13.2. The van der Waals surface area contributed by atoms with Gasteiger partial charge >= 0.3 is 168 Å². The van der Waals surface area contributed by atoms with Crippen LogP contribution in [0.3, 0.4) is 0 Å². The molecule has 1 N–H and O–H groups in total. The van der Waals surface area contributed by atoms with Crippen LogP contribution in [0, 0.1) is 0 Å². The number of benzene rings is 3. The van der Waals surface area contributed by atoms with Gasteiger partial charge in [-0.1, -0.05) is 0 Å². The monoisotopic (exact) mass is 552 g/mol. The van der Waals surface area contributed by atoms with E-state index < -0.39 is 26.8 Å². The SMILES string of the molecule is OC1([CH2][Pb]([c]2ccccc2)([c]2ccccc2)[c]2ccccc2)CCCCC1. The van der Waals surface area contributed by atoms with Gasteiger partial charge in [0.25, 0.3) is 0 Å². The van der Waals surface area contributed by atoms with E-state index in [2.05, 4.69) is 91.0 Å². The van der Waals surface area contributed by atoms with Gasteiger partial charge in [0.05, 0.1) is 0 Å². The van der Waals surface area contributed by atoms with Crippen LogP contribution in [-0.4, -0.2) is 31.9 Å². The Kier molecular flexibility index (Phi) is 5.79. The average Bonchev–Trinajstić information content (AvgIpc) is 2.74. The van der Waals surface area contributed by atoms with Crippen molar-refractivity contribution in [2.45, 2.75) is 41.7 Å². The van der Waals surface area contributed by atoms with Crippen molar-refractivity contribution in [1.82, 2.24) is 0 Å². The van der Waals surface area contributed by atoms with E-state index in [9.17, 15) is 5.11 Å². The number of aliphatic hydroxyl groups is 1. The van der Waals surface area contributed by atoms with E-state index in [0.717, 1.165) is 29.7 Å². The summed E-state index contributed by atoms with van der Waals surface area (Å²) in [6, 6.07) is 33.2. The molecule has 4 rings (SSSR count). The maximum absolute atomic E-state index is 11.6. The van der Waals surface area contributed by atoms with Crippen molar-refractivity contribution in [3.8, 4) is 0 Å². The Bertz CT molecular complexity index is 743. The molecular formula is C25H28OPb. The first-order valence-corrected chi connectivity index (χ1v) is 18.7. The van der Waals surface area contributed by atoms with E-state index in [4.69, 9.17) is 0 Å². The van der Waals surface area contributed by atoms with E-state index in [-0.39, 0.29) is 0 Å². The predicted octanol–water partition coefficient (Wildman–Crippen LogP) is 3.85. The summed E-state index contributed by atoms with van der Waals surface area (Å²) in [7, 11) is 0. The fourth-order valence-electron chi connectivity index (χ4n) is 4.85. The molecule has 0 radical (unpaired) electrons. The zero-order valence-corrected chi connectivity index (χ0v) is 19.7. The van der Waals surface area contributed by atoms with Crippen LogP contribution in [0.4, 0.5) is 0 Å². The topological polar surface area (TPSA) is 20.2 Å². The fraction of sp³-hybridized carbons (Fsp3) is 0.280. The molecule has 3 aromatic carbocycles. The van der Waals surface area contributed by atoms with Crippen LogP contribution in [0.1, 0.15) is 32.1 Å². The molecule has 2 heteroatoms. The van der Waals surface area contributed by atoms with Crippen LogP contribution in [0.25, 0.3) is 0 Å². The van der Waals surface area contributed by atoms with Crippen molar-refractivity contribution in [3.63, 3.8) is 0 Å². The van der Waals surface area contributed by atoms with Crippen molar-refractivity contribution < 1.29 is 5.11 Å². The summed E-state index contributed by atoms with van der Waals surface area (Å²) in [6.45, 7) is 0. The summed E-state index contributed by atoms with van der Waals surface area (Å²) in [5, 5.41) is 11.6. The molecule has 3 aromatic rings. The van der Waals surface area contributed by atoms with Gasteiger partial charge in [0.15, 0.2) is 0 Å². The van der Waals surface area contributed by atoms with Crippen molar-refractivity contribution in [2.24, 2.45) is 0 Å². The van der Waals surface area contributed by atoms with Crippen molar-refractivity contribution in [1.29, 1.82) is 0 Å². The molecule has 0 heterocycles. The van der Waals surface area contributed by atoms with Crippen LogP contribution in [0.5, 0.6) is 0 Å². The second-order valence-electron chi connectivity index (χ2n) is 7.97. The van der Waals surface area contributed by atoms with Crippen LogP contribution in [0.2, 0.25) is 3.98 Å². The normalized spacial score (nSPS) is 16.8. The molecule has 1 aliphatic rings. The van der Waals surface area contributed by atoms with Crippen molar-refractivity contribution in [2.75, 3.05) is 0 Å². The molecule has 0 aromatic heterocycles. The third kappa shape index (κ3) is 3.90. The Labute approximate surface area is 167 Å². The molecule has 0 atom stereocenters.